The number of hydrogen-bond acceptors (Lipinski definition) is 8. The molecule has 3 aromatic carbocycles. The number of carbonyl (C=O) groups excluding carboxylic acids is 5. The van der Waals surface area contributed by atoms with Crippen molar-refractivity contribution in [2.45, 2.75) is 20.8 Å². The molecule has 3 aromatic rings. The first-order valence-electron chi connectivity index (χ1n) is 13.0. The SMILES string of the molecule is CCOc1cc(/C=C2/C(=O)NC(=O)N(c3ccc(C(=O)OC)cc3)C2=O)ccc1OCC(=O)Nc1cccc(C)c1C. The lowest BCUT2D eigenvalue weighted by molar-refractivity contribution is -0.122. The van der Waals surface area contributed by atoms with Crippen molar-refractivity contribution in [3.05, 3.63) is 88.5 Å². The molecule has 0 atom stereocenters. The number of nitrogens with zero attached hydrogens (tertiary/aromatic N) is 1. The Morgan fingerprint density at radius 1 is 0.952 bits per heavy atom. The van der Waals surface area contributed by atoms with Crippen LogP contribution >= 0.6 is 0 Å². The van der Waals surface area contributed by atoms with Crippen LogP contribution in [0.25, 0.3) is 6.08 Å². The van der Waals surface area contributed by atoms with E-state index in [0.717, 1.165) is 16.0 Å². The molecule has 4 rings (SSSR count). The Morgan fingerprint density at radius 3 is 2.38 bits per heavy atom. The highest BCUT2D eigenvalue weighted by atomic mass is 16.5. The fraction of sp³-hybridized carbons (Fsp3) is 0.194. The number of benzene rings is 3. The number of anilines is 2. The fourth-order valence-electron chi connectivity index (χ4n) is 4.14. The maximum atomic E-state index is 13.3. The molecule has 2 N–H and O–H groups in total. The van der Waals surface area contributed by atoms with Gasteiger partial charge in [-0.1, -0.05) is 18.2 Å². The van der Waals surface area contributed by atoms with Gasteiger partial charge >= 0.3 is 12.0 Å². The van der Waals surface area contributed by atoms with Crippen LogP contribution in [-0.4, -0.2) is 50.0 Å². The lowest BCUT2D eigenvalue weighted by Crippen LogP contribution is -2.54. The summed E-state index contributed by atoms with van der Waals surface area (Å²) < 4.78 is 16.1. The number of rotatable bonds is 9. The summed E-state index contributed by atoms with van der Waals surface area (Å²) in [6.07, 6.45) is 1.32. The maximum Gasteiger partial charge on any atom is 0.337 e. The van der Waals surface area contributed by atoms with Gasteiger partial charge in [0, 0.05) is 5.69 Å². The zero-order chi connectivity index (χ0) is 30.4. The first-order valence-corrected chi connectivity index (χ1v) is 13.0. The van der Waals surface area contributed by atoms with Crippen molar-refractivity contribution in [3.63, 3.8) is 0 Å². The fourth-order valence-corrected chi connectivity index (χ4v) is 4.14. The minimum absolute atomic E-state index is 0.154. The zero-order valence-electron chi connectivity index (χ0n) is 23.5. The second-order valence-corrected chi connectivity index (χ2v) is 9.22. The van der Waals surface area contributed by atoms with Crippen LogP contribution < -0.4 is 25.0 Å². The summed E-state index contributed by atoms with van der Waals surface area (Å²) in [7, 11) is 1.24. The lowest BCUT2D eigenvalue weighted by Gasteiger charge is -2.26. The van der Waals surface area contributed by atoms with E-state index in [4.69, 9.17) is 9.47 Å². The van der Waals surface area contributed by atoms with Crippen molar-refractivity contribution < 1.29 is 38.2 Å². The monoisotopic (exact) mass is 571 g/mol. The molecule has 11 nitrogen and oxygen atoms in total. The number of esters is 1. The number of imide groups is 2. The van der Waals surface area contributed by atoms with Gasteiger partial charge in [0.25, 0.3) is 17.7 Å². The Morgan fingerprint density at radius 2 is 1.69 bits per heavy atom. The van der Waals surface area contributed by atoms with E-state index >= 15 is 0 Å². The number of methoxy groups -OCH3 is 1. The van der Waals surface area contributed by atoms with Crippen LogP contribution in [0.15, 0.2) is 66.2 Å². The number of amides is 5. The maximum absolute atomic E-state index is 13.3. The molecule has 1 aliphatic rings. The van der Waals surface area contributed by atoms with Gasteiger partial charge in [-0.2, -0.15) is 0 Å². The van der Waals surface area contributed by atoms with Gasteiger partial charge in [-0.05, 0) is 86.0 Å². The summed E-state index contributed by atoms with van der Waals surface area (Å²) in [5.41, 5.74) is 3.20. The van der Waals surface area contributed by atoms with Crippen LogP contribution in [0.5, 0.6) is 11.5 Å². The van der Waals surface area contributed by atoms with E-state index in [-0.39, 0.29) is 41.7 Å². The van der Waals surface area contributed by atoms with Crippen LogP contribution in [0.4, 0.5) is 16.2 Å². The molecule has 11 heteroatoms. The first kappa shape index (κ1) is 29.5. The van der Waals surface area contributed by atoms with Gasteiger partial charge < -0.3 is 19.5 Å². The third kappa shape index (κ3) is 6.47. The van der Waals surface area contributed by atoms with Crippen LogP contribution in [0, 0.1) is 13.8 Å². The van der Waals surface area contributed by atoms with Crippen molar-refractivity contribution in [2.75, 3.05) is 30.5 Å². The molecule has 1 aliphatic heterocycles. The predicted molar refractivity (Wildman–Crippen MR) is 154 cm³/mol. The van der Waals surface area contributed by atoms with Gasteiger partial charge in [-0.15, -0.1) is 0 Å². The molecule has 0 bridgehead atoms. The molecule has 1 fully saturated rings. The molecule has 0 radical (unpaired) electrons. The van der Waals surface area contributed by atoms with E-state index in [1.54, 1.807) is 25.1 Å². The average Bonchev–Trinajstić information content (AvgIpc) is 2.97. The summed E-state index contributed by atoms with van der Waals surface area (Å²) in [5, 5.41) is 4.98. The highest BCUT2D eigenvalue weighted by molar-refractivity contribution is 6.39. The molecule has 0 unspecified atom stereocenters. The van der Waals surface area contributed by atoms with Crippen LogP contribution in [0.3, 0.4) is 0 Å². The smallest absolute Gasteiger partial charge is 0.337 e. The predicted octanol–water partition coefficient (Wildman–Crippen LogP) is 4.17. The van der Waals surface area contributed by atoms with Gasteiger partial charge in [0.05, 0.1) is 25.0 Å². The molecule has 0 saturated carbocycles. The van der Waals surface area contributed by atoms with E-state index in [0.29, 0.717) is 17.0 Å². The van der Waals surface area contributed by atoms with E-state index < -0.39 is 23.8 Å². The second-order valence-electron chi connectivity index (χ2n) is 9.22. The summed E-state index contributed by atoms with van der Waals surface area (Å²) in [6.45, 7) is 5.65. The molecular weight excluding hydrogens is 542 g/mol. The summed E-state index contributed by atoms with van der Waals surface area (Å²) in [4.78, 5) is 63.5. The van der Waals surface area contributed by atoms with Gasteiger partial charge in [0.1, 0.15) is 5.57 Å². The molecule has 0 spiro atoms. The minimum Gasteiger partial charge on any atom is -0.490 e. The number of aryl methyl sites for hydroxylation is 1. The van der Waals surface area contributed by atoms with Gasteiger partial charge in [0.2, 0.25) is 0 Å². The molecular formula is C31H29N3O8. The summed E-state index contributed by atoms with van der Waals surface area (Å²) in [6, 6.07) is 15.0. The Balaban J connectivity index is 1.53. The standard InChI is InChI=1S/C31H29N3O8/c1-5-41-26-16-20(9-14-25(26)42-17-27(35)32-24-8-6-7-18(2)19(24)3)15-23-28(36)33-31(39)34(29(23)37)22-12-10-21(11-13-22)30(38)40-4/h6-16H,5,17H2,1-4H3,(H,32,35)(H,33,36,39)/b23-15-. The molecule has 5 amide bonds. The number of nitrogens with one attached hydrogen (secondary N) is 2. The van der Waals surface area contributed by atoms with E-state index in [1.807, 2.05) is 32.0 Å². The lowest BCUT2D eigenvalue weighted by atomic mass is 10.1. The number of urea groups is 1. The quantitative estimate of drug-likeness (QED) is 0.222. The van der Waals surface area contributed by atoms with E-state index in [1.165, 1.54) is 37.5 Å². The minimum atomic E-state index is -0.925. The van der Waals surface area contributed by atoms with E-state index in [2.05, 4.69) is 15.4 Å². The molecule has 0 aromatic heterocycles. The van der Waals surface area contributed by atoms with Crippen molar-refractivity contribution in [1.82, 2.24) is 5.32 Å². The zero-order valence-corrected chi connectivity index (χ0v) is 23.5. The third-order valence-corrected chi connectivity index (χ3v) is 6.46. The van der Waals surface area contributed by atoms with Crippen molar-refractivity contribution in [1.29, 1.82) is 0 Å². The normalized spacial score (nSPS) is 14.0. The highest BCUT2D eigenvalue weighted by Gasteiger charge is 2.37. The molecule has 216 valence electrons. The number of barbiturate groups is 1. The van der Waals surface area contributed by atoms with Gasteiger partial charge in [-0.3, -0.25) is 19.7 Å². The number of ether oxygens (including phenoxy) is 3. The first-order chi connectivity index (χ1) is 20.1. The number of carbonyl (C=O) groups is 5. The summed E-state index contributed by atoms with van der Waals surface area (Å²) >= 11 is 0. The van der Waals surface area contributed by atoms with Crippen molar-refractivity contribution >= 4 is 47.2 Å². The molecule has 1 heterocycles. The van der Waals surface area contributed by atoms with Crippen molar-refractivity contribution in [3.8, 4) is 11.5 Å². The van der Waals surface area contributed by atoms with Crippen LogP contribution in [0.1, 0.15) is 34.0 Å². The highest BCUT2D eigenvalue weighted by Crippen LogP contribution is 2.30. The van der Waals surface area contributed by atoms with E-state index in [9.17, 15) is 24.0 Å². The molecule has 42 heavy (non-hydrogen) atoms. The average molecular weight is 572 g/mol. The number of hydrogen-bond donors (Lipinski definition) is 2. The van der Waals surface area contributed by atoms with Crippen LogP contribution in [-0.2, 0) is 19.1 Å². The Hall–Kier alpha value is -5.45. The second kappa shape index (κ2) is 12.8. The third-order valence-electron chi connectivity index (χ3n) is 6.46. The Kier molecular flexibility index (Phi) is 9.01. The van der Waals surface area contributed by atoms with Gasteiger partial charge in [0.15, 0.2) is 18.1 Å². The Bertz CT molecular complexity index is 1590. The van der Waals surface area contributed by atoms with Crippen LogP contribution in [0.2, 0.25) is 0 Å². The largest absolute Gasteiger partial charge is 0.490 e. The molecule has 1 saturated heterocycles. The van der Waals surface area contributed by atoms with Crippen molar-refractivity contribution in [2.24, 2.45) is 0 Å². The topological polar surface area (TPSA) is 140 Å². The van der Waals surface area contributed by atoms with Gasteiger partial charge in [-0.25, -0.2) is 14.5 Å². The Labute approximate surface area is 242 Å². The molecule has 0 aliphatic carbocycles. The summed E-state index contributed by atoms with van der Waals surface area (Å²) in [5.74, 6) is -2.07.